The Bertz CT molecular complexity index is 765. The average Bonchev–Trinajstić information content (AvgIpc) is 2.64. The van der Waals surface area contributed by atoms with Gasteiger partial charge in [0.2, 0.25) is 5.91 Å². The topological polar surface area (TPSA) is 76.8 Å². The van der Waals surface area contributed by atoms with Gasteiger partial charge in [-0.1, -0.05) is 12.1 Å². The first-order chi connectivity index (χ1) is 12.2. The Morgan fingerprint density at radius 1 is 1.12 bits per heavy atom. The highest BCUT2D eigenvalue weighted by Gasteiger charge is 2.26. The van der Waals surface area contributed by atoms with Gasteiger partial charge in [0.1, 0.15) is 0 Å². The number of nitrogens with zero attached hydrogens (tertiary/aromatic N) is 1. The molecule has 2 aromatic carbocycles. The summed E-state index contributed by atoms with van der Waals surface area (Å²) in [6, 6.07) is 11.7. The van der Waals surface area contributed by atoms with Crippen LogP contribution < -0.4 is 24.2 Å². The number of benzene rings is 2. The minimum atomic E-state index is 0.111. The number of ether oxygens (including phenoxy) is 2. The lowest BCUT2D eigenvalue weighted by atomic mass is 9.99. The van der Waals surface area contributed by atoms with E-state index in [1.54, 1.807) is 19.1 Å². The standard InChI is InChI=1S/C18H21N3O3S/c1-23-16-9-13-5-8-18(22)21(15(13)10-17(16)24-2)11-12-3-6-14(7-4-12)20-25-19/h3-4,6-7,9-10,20H,5,8,11,19H2,1-2H3. The summed E-state index contributed by atoms with van der Waals surface area (Å²) in [5.41, 5.74) is 3.94. The number of fused-ring (bicyclic) bond motifs is 1. The number of anilines is 2. The highest BCUT2D eigenvalue weighted by Crippen LogP contribution is 2.38. The lowest BCUT2D eigenvalue weighted by Crippen LogP contribution is -2.34. The van der Waals surface area contributed by atoms with Crippen molar-refractivity contribution in [2.45, 2.75) is 19.4 Å². The Hall–Kier alpha value is -2.38. The van der Waals surface area contributed by atoms with Gasteiger partial charge in [-0.3, -0.25) is 9.93 Å². The summed E-state index contributed by atoms with van der Waals surface area (Å²) in [6.07, 6.45) is 1.20. The average molecular weight is 359 g/mol. The molecule has 0 atom stereocenters. The van der Waals surface area contributed by atoms with Crippen molar-refractivity contribution < 1.29 is 14.3 Å². The molecule has 0 radical (unpaired) electrons. The number of carbonyl (C=O) groups is 1. The Labute approximate surface area is 151 Å². The molecule has 2 aromatic rings. The lowest BCUT2D eigenvalue weighted by molar-refractivity contribution is -0.119. The Balaban J connectivity index is 1.90. The maximum Gasteiger partial charge on any atom is 0.227 e. The lowest BCUT2D eigenvalue weighted by Gasteiger charge is -2.30. The van der Waals surface area contributed by atoms with Gasteiger partial charge in [0.25, 0.3) is 0 Å². The van der Waals surface area contributed by atoms with Gasteiger partial charge in [0.05, 0.1) is 26.5 Å². The second-order valence-electron chi connectivity index (χ2n) is 5.73. The van der Waals surface area contributed by atoms with Crippen molar-refractivity contribution in [3.05, 3.63) is 47.5 Å². The van der Waals surface area contributed by atoms with E-state index in [1.807, 2.05) is 36.4 Å². The Morgan fingerprint density at radius 2 is 1.80 bits per heavy atom. The molecule has 1 heterocycles. The van der Waals surface area contributed by atoms with Crippen LogP contribution in [0.15, 0.2) is 36.4 Å². The van der Waals surface area contributed by atoms with Crippen LogP contribution in [0.1, 0.15) is 17.5 Å². The maximum absolute atomic E-state index is 12.5. The summed E-state index contributed by atoms with van der Waals surface area (Å²) in [4.78, 5) is 14.3. The molecule has 1 amide bonds. The summed E-state index contributed by atoms with van der Waals surface area (Å²) in [5, 5.41) is 5.40. The molecule has 7 heteroatoms. The monoisotopic (exact) mass is 359 g/mol. The second-order valence-corrected chi connectivity index (χ2v) is 6.17. The molecule has 0 aromatic heterocycles. The smallest absolute Gasteiger partial charge is 0.227 e. The number of methoxy groups -OCH3 is 2. The number of rotatable bonds is 6. The molecule has 3 rings (SSSR count). The molecule has 0 aliphatic carbocycles. The number of nitrogens with two attached hydrogens (primary N) is 1. The first-order valence-electron chi connectivity index (χ1n) is 7.92. The van der Waals surface area contributed by atoms with Crippen LogP contribution in [0.3, 0.4) is 0 Å². The number of amides is 1. The summed E-state index contributed by atoms with van der Waals surface area (Å²) >= 11 is 1.05. The number of nitrogens with one attached hydrogen (secondary N) is 1. The van der Waals surface area contributed by atoms with E-state index in [9.17, 15) is 4.79 Å². The fraction of sp³-hybridized carbons (Fsp3) is 0.278. The van der Waals surface area contributed by atoms with E-state index in [0.717, 1.165) is 34.6 Å². The van der Waals surface area contributed by atoms with E-state index in [1.165, 1.54) is 0 Å². The van der Waals surface area contributed by atoms with Crippen molar-refractivity contribution in [2.24, 2.45) is 5.14 Å². The molecule has 3 N–H and O–H groups in total. The number of hydrogen-bond acceptors (Lipinski definition) is 6. The summed E-state index contributed by atoms with van der Waals surface area (Å²) in [6.45, 7) is 0.511. The fourth-order valence-corrected chi connectivity index (χ4v) is 3.25. The fourth-order valence-electron chi connectivity index (χ4n) is 2.97. The third-order valence-electron chi connectivity index (χ3n) is 4.26. The van der Waals surface area contributed by atoms with Crippen LogP contribution in [0.2, 0.25) is 0 Å². The van der Waals surface area contributed by atoms with Gasteiger partial charge < -0.3 is 19.1 Å². The molecule has 0 bridgehead atoms. The third-order valence-corrected chi connectivity index (χ3v) is 4.61. The van der Waals surface area contributed by atoms with Crippen LogP contribution in [0.25, 0.3) is 0 Å². The summed E-state index contributed by atoms with van der Waals surface area (Å²) in [7, 11) is 3.21. The first kappa shape index (κ1) is 17.4. The van der Waals surface area contributed by atoms with E-state index < -0.39 is 0 Å². The number of carbonyl (C=O) groups excluding carboxylic acids is 1. The molecule has 1 aliphatic heterocycles. The van der Waals surface area contributed by atoms with Crippen LogP contribution >= 0.6 is 12.1 Å². The molecule has 25 heavy (non-hydrogen) atoms. The molecule has 0 unspecified atom stereocenters. The molecule has 0 fully saturated rings. The molecular weight excluding hydrogens is 338 g/mol. The van der Waals surface area contributed by atoms with Gasteiger partial charge in [0, 0.05) is 30.3 Å². The van der Waals surface area contributed by atoms with Gasteiger partial charge in [-0.05, 0) is 35.7 Å². The van der Waals surface area contributed by atoms with Crippen LogP contribution in [-0.2, 0) is 17.8 Å². The van der Waals surface area contributed by atoms with Crippen molar-refractivity contribution in [3.63, 3.8) is 0 Å². The van der Waals surface area contributed by atoms with Crippen LogP contribution in [0, 0.1) is 0 Å². The molecular formula is C18H21N3O3S. The Kier molecular flexibility index (Phi) is 5.35. The predicted octanol–water partition coefficient (Wildman–Crippen LogP) is 3.12. The normalized spacial score (nSPS) is 13.4. The highest BCUT2D eigenvalue weighted by atomic mass is 32.2. The van der Waals surface area contributed by atoms with E-state index in [2.05, 4.69) is 4.72 Å². The SMILES string of the molecule is COc1cc2c(cc1OC)N(Cc1ccc(NSN)cc1)C(=O)CC2. The molecule has 0 saturated heterocycles. The predicted molar refractivity (Wildman–Crippen MR) is 101 cm³/mol. The summed E-state index contributed by atoms with van der Waals surface area (Å²) in [5.74, 6) is 1.42. The van der Waals surface area contributed by atoms with E-state index in [-0.39, 0.29) is 5.91 Å². The van der Waals surface area contributed by atoms with Gasteiger partial charge in [-0.15, -0.1) is 0 Å². The van der Waals surface area contributed by atoms with Crippen LogP contribution in [0.4, 0.5) is 11.4 Å². The van der Waals surface area contributed by atoms with E-state index >= 15 is 0 Å². The number of hydrogen-bond donors (Lipinski definition) is 2. The van der Waals surface area contributed by atoms with Gasteiger partial charge in [-0.25, -0.2) is 0 Å². The van der Waals surface area contributed by atoms with Gasteiger partial charge in [0.15, 0.2) is 11.5 Å². The van der Waals surface area contributed by atoms with Crippen molar-refractivity contribution in [1.29, 1.82) is 0 Å². The zero-order valence-corrected chi connectivity index (χ0v) is 15.1. The molecule has 132 valence electrons. The second kappa shape index (κ2) is 7.67. The Morgan fingerprint density at radius 3 is 2.44 bits per heavy atom. The van der Waals surface area contributed by atoms with Gasteiger partial charge in [-0.2, -0.15) is 0 Å². The third kappa shape index (κ3) is 3.67. The van der Waals surface area contributed by atoms with Crippen LogP contribution in [0.5, 0.6) is 11.5 Å². The minimum absolute atomic E-state index is 0.111. The molecule has 1 aliphatic rings. The van der Waals surface area contributed by atoms with Gasteiger partial charge >= 0.3 is 0 Å². The first-order valence-corrected chi connectivity index (χ1v) is 8.80. The number of aryl methyl sites for hydroxylation is 1. The molecule has 6 nitrogen and oxygen atoms in total. The quantitative estimate of drug-likeness (QED) is 0.772. The molecule has 0 spiro atoms. The van der Waals surface area contributed by atoms with E-state index in [4.69, 9.17) is 14.6 Å². The van der Waals surface area contributed by atoms with Crippen molar-refractivity contribution >= 4 is 29.4 Å². The minimum Gasteiger partial charge on any atom is -0.493 e. The largest absolute Gasteiger partial charge is 0.493 e. The maximum atomic E-state index is 12.5. The van der Waals surface area contributed by atoms with Crippen molar-refractivity contribution in [2.75, 3.05) is 23.8 Å². The summed E-state index contributed by atoms with van der Waals surface area (Å²) < 4.78 is 13.7. The van der Waals surface area contributed by atoms with Crippen LogP contribution in [-0.4, -0.2) is 20.1 Å². The highest BCUT2D eigenvalue weighted by molar-refractivity contribution is 7.98. The van der Waals surface area contributed by atoms with Crippen molar-refractivity contribution in [3.8, 4) is 11.5 Å². The zero-order chi connectivity index (χ0) is 17.8. The molecule has 0 saturated carbocycles. The van der Waals surface area contributed by atoms with E-state index in [0.29, 0.717) is 30.9 Å². The zero-order valence-electron chi connectivity index (χ0n) is 14.2. The van der Waals surface area contributed by atoms with Crippen molar-refractivity contribution in [1.82, 2.24) is 0 Å².